The number of allylic oxidation sites excluding steroid dienone is 1. The van der Waals surface area contributed by atoms with Gasteiger partial charge in [0, 0.05) is 6.08 Å². The molecule has 0 aromatic rings. The zero-order valence-corrected chi connectivity index (χ0v) is 4.42. The fourth-order valence-electron chi connectivity index (χ4n) is 0.174. The molecule has 0 bridgehead atoms. The van der Waals surface area contributed by atoms with Crippen molar-refractivity contribution in [2.75, 3.05) is 0 Å². The maximum Gasteiger partial charge on any atom is 0.457 e. The number of halogens is 6. The van der Waals surface area contributed by atoms with Crippen LogP contribution < -0.4 is 0 Å². The van der Waals surface area contributed by atoms with Gasteiger partial charge in [0.2, 0.25) is 0 Å². The quantitative estimate of drug-likeness (QED) is 0.522. The number of rotatable bonds is 1. The average Bonchev–Trinajstić information content (AvgIpc) is 1.61. The van der Waals surface area contributed by atoms with Gasteiger partial charge < -0.3 is 0 Å². The molecule has 0 nitrogen and oxygen atoms in total. The lowest BCUT2D eigenvalue weighted by atomic mass is 10.3. The molecular formula is C4H2F6. The first-order valence-electron chi connectivity index (χ1n) is 2.04. The van der Waals surface area contributed by atoms with Gasteiger partial charge in [-0.2, -0.15) is 22.0 Å². The maximum atomic E-state index is 11.5. The Morgan fingerprint density at radius 1 is 0.900 bits per heavy atom. The Balaban J connectivity index is 4.40. The third kappa shape index (κ3) is 1.93. The molecule has 0 saturated heterocycles. The molecular weight excluding hydrogens is 162 g/mol. The summed E-state index contributed by atoms with van der Waals surface area (Å²) in [6, 6.07) is 0. The van der Waals surface area contributed by atoms with Crippen LogP contribution in [-0.2, 0) is 0 Å². The minimum absolute atomic E-state index is 0.840. The van der Waals surface area contributed by atoms with Crippen molar-refractivity contribution >= 4 is 0 Å². The Morgan fingerprint density at radius 3 is 1.40 bits per heavy atom. The lowest BCUT2D eigenvalue weighted by Gasteiger charge is -2.13. The van der Waals surface area contributed by atoms with Gasteiger partial charge in [-0.3, -0.25) is 0 Å². The zero-order valence-electron chi connectivity index (χ0n) is 4.42. The maximum absolute atomic E-state index is 11.5. The van der Waals surface area contributed by atoms with Crippen LogP contribution in [0.4, 0.5) is 26.3 Å². The number of hydrogen-bond acceptors (Lipinski definition) is 0. The Kier molecular flexibility index (Phi) is 2.34. The predicted molar refractivity (Wildman–Crippen MR) is 21.2 cm³/mol. The SMILES string of the molecule is FC=CC(F)(F)C(F)(F)F. The third-order valence-corrected chi connectivity index (χ3v) is 0.650. The van der Waals surface area contributed by atoms with Gasteiger partial charge in [0.25, 0.3) is 0 Å². The first-order chi connectivity index (χ1) is 4.31. The van der Waals surface area contributed by atoms with Crippen molar-refractivity contribution < 1.29 is 26.3 Å². The molecule has 0 radical (unpaired) electrons. The predicted octanol–water partition coefficient (Wildman–Crippen LogP) is 2.67. The topological polar surface area (TPSA) is 0 Å². The van der Waals surface area contributed by atoms with Gasteiger partial charge in [-0.15, -0.1) is 0 Å². The van der Waals surface area contributed by atoms with Gasteiger partial charge in [0.1, 0.15) is 0 Å². The summed E-state index contributed by atoms with van der Waals surface area (Å²) >= 11 is 0. The first kappa shape index (κ1) is 9.32. The Labute approximate surface area is 52.1 Å². The first-order valence-corrected chi connectivity index (χ1v) is 2.04. The van der Waals surface area contributed by atoms with E-state index in [4.69, 9.17) is 0 Å². The molecule has 0 atom stereocenters. The summed E-state index contributed by atoms with van der Waals surface area (Å²) in [6.07, 6.45) is -7.41. The molecule has 0 heterocycles. The van der Waals surface area contributed by atoms with Gasteiger partial charge in [-0.1, -0.05) is 0 Å². The van der Waals surface area contributed by atoms with Crippen molar-refractivity contribution in [3.05, 3.63) is 12.4 Å². The second-order valence-corrected chi connectivity index (χ2v) is 1.41. The van der Waals surface area contributed by atoms with Gasteiger partial charge in [0.05, 0.1) is 6.33 Å². The van der Waals surface area contributed by atoms with Gasteiger partial charge >= 0.3 is 12.1 Å². The normalized spacial score (nSPS) is 14.6. The number of hydrogen-bond donors (Lipinski definition) is 0. The van der Waals surface area contributed by atoms with E-state index in [-0.39, 0.29) is 0 Å². The standard InChI is InChI=1S/C4H2F6/c5-2-1-3(6,7)4(8,9)10/h1-2H. The summed E-state index contributed by atoms with van der Waals surface area (Å²) in [5.41, 5.74) is 0. The van der Waals surface area contributed by atoms with Crippen molar-refractivity contribution in [1.29, 1.82) is 0 Å². The largest absolute Gasteiger partial charge is 0.457 e. The fraction of sp³-hybridized carbons (Fsp3) is 0.500. The Bertz CT molecular complexity index is 131. The molecule has 0 rings (SSSR count). The molecule has 0 amide bonds. The van der Waals surface area contributed by atoms with Crippen molar-refractivity contribution in [3.8, 4) is 0 Å². The number of alkyl halides is 5. The summed E-state index contributed by atoms with van der Waals surface area (Å²) in [7, 11) is 0. The smallest absolute Gasteiger partial charge is 0.216 e. The van der Waals surface area contributed by atoms with Crippen LogP contribution in [-0.4, -0.2) is 12.1 Å². The molecule has 0 aliphatic carbocycles. The van der Waals surface area contributed by atoms with Crippen molar-refractivity contribution in [2.24, 2.45) is 0 Å². The molecule has 0 aliphatic rings. The molecule has 0 unspecified atom stereocenters. The second kappa shape index (κ2) is 2.51. The summed E-state index contributed by atoms with van der Waals surface area (Å²) in [4.78, 5) is 0. The summed E-state index contributed by atoms with van der Waals surface area (Å²) in [5, 5.41) is 0. The van der Waals surface area contributed by atoms with Gasteiger partial charge in [-0.25, -0.2) is 4.39 Å². The molecule has 60 valence electrons. The van der Waals surface area contributed by atoms with E-state index in [9.17, 15) is 26.3 Å². The van der Waals surface area contributed by atoms with Crippen LogP contribution in [0.25, 0.3) is 0 Å². The van der Waals surface area contributed by atoms with Crippen LogP contribution >= 0.6 is 0 Å². The van der Waals surface area contributed by atoms with Crippen molar-refractivity contribution in [3.63, 3.8) is 0 Å². The monoisotopic (exact) mass is 164 g/mol. The minimum atomic E-state index is -5.71. The van der Waals surface area contributed by atoms with E-state index in [2.05, 4.69) is 0 Å². The molecule has 0 aromatic heterocycles. The fourth-order valence-corrected chi connectivity index (χ4v) is 0.174. The van der Waals surface area contributed by atoms with Crippen LogP contribution in [0.5, 0.6) is 0 Å². The molecule has 0 saturated carbocycles. The average molecular weight is 164 g/mol. The van der Waals surface area contributed by atoms with E-state index in [1.807, 2.05) is 0 Å². The van der Waals surface area contributed by atoms with Crippen LogP contribution in [0, 0.1) is 0 Å². The lowest BCUT2D eigenvalue weighted by Crippen LogP contribution is -2.33. The Morgan fingerprint density at radius 2 is 1.30 bits per heavy atom. The third-order valence-electron chi connectivity index (χ3n) is 0.650. The van der Waals surface area contributed by atoms with Crippen LogP contribution in [0.15, 0.2) is 12.4 Å². The summed E-state index contributed by atoms with van der Waals surface area (Å²) in [6.45, 7) is 0. The highest BCUT2D eigenvalue weighted by molar-refractivity contribution is 4.95. The molecule has 6 heteroatoms. The van der Waals surface area contributed by atoms with Gasteiger partial charge in [-0.05, 0) is 0 Å². The molecule has 0 N–H and O–H groups in total. The van der Waals surface area contributed by atoms with Crippen LogP contribution in [0.3, 0.4) is 0 Å². The van der Waals surface area contributed by atoms with E-state index >= 15 is 0 Å². The van der Waals surface area contributed by atoms with Crippen molar-refractivity contribution in [2.45, 2.75) is 12.1 Å². The highest BCUT2D eigenvalue weighted by atomic mass is 19.4. The van der Waals surface area contributed by atoms with E-state index in [1.54, 1.807) is 0 Å². The van der Waals surface area contributed by atoms with E-state index in [1.165, 1.54) is 0 Å². The zero-order chi connectivity index (χ0) is 8.41. The summed E-state index contributed by atoms with van der Waals surface area (Å²) in [5.74, 6) is -5.07. The van der Waals surface area contributed by atoms with E-state index in [0.29, 0.717) is 0 Å². The second-order valence-electron chi connectivity index (χ2n) is 1.41. The summed E-state index contributed by atoms with van der Waals surface area (Å²) < 4.78 is 67.0. The minimum Gasteiger partial charge on any atom is -0.216 e. The van der Waals surface area contributed by atoms with E-state index < -0.39 is 24.5 Å². The molecule has 0 fully saturated rings. The highest BCUT2D eigenvalue weighted by Crippen LogP contribution is 2.36. The molecule has 0 aliphatic heterocycles. The van der Waals surface area contributed by atoms with Crippen LogP contribution in [0.2, 0.25) is 0 Å². The van der Waals surface area contributed by atoms with Crippen molar-refractivity contribution in [1.82, 2.24) is 0 Å². The lowest BCUT2D eigenvalue weighted by molar-refractivity contribution is -0.259. The van der Waals surface area contributed by atoms with Gasteiger partial charge in [0.15, 0.2) is 0 Å². The molecule has 10 heavy (non-hydrogen) atoms. The molecule has 0 aromatic carbocycles. The van der Waals surface area contributed by atoms with Crippen LogP contribution in [0.1, 0.15) is 0 Å². The Hall–Kier alpha value is -0.680. The highest BCUT2D eigenvalue weighted by Gasteiger charge is 2.55. The molecule has 0 spiro atoms. The van der Waals surface area contributed by atoms with E-state index in [0.717, 1.165) is 0 Å².